The molecule has 0 saturated heterocycles. The van der Waals surface area contributed by atoms with Crippen molar-refractivity contribution in [1.29, 1.82) is 0 Å². The number of fused-ring (bicyclic) bond motifs is 1. The molecule has 0 aromatic carbocycles. The molecule has 2 heterocycles. The first kappa shape index (κ1) is 9.53. The Morgan fingerprint density at radius 1 is 1.53 bits per heavy atom. The summed E-state index contributed by atoms with van der Waals surface area (Å²) < 4.78 is 6.68. The summed E-state index contributed by atoms with van der Waals surface area (Å²) in [5.74, 6) is 0.180. The number of nitrogen functional groups attached to an aromatic ring is 1. The largest absolute Gasteiger partial charge is 0.368 e. The highest BCUT2D eigenvalue weighted by atomic mass is 16.5. The van der Waals surface area contributed by atoms with Gasteiger partial charge in [-0.1, -0.05) is 0 Å². The number of ether oxygens (including phenoxy) is 1. The molecule has 0 atom stereocenters. The quantitative estimate of drug-likeness (QED) is 0.540. The van der Waals surface area contributed by atoms with Gasteiger partial charge < -0.3 is 15.3 Å². The van der Waals surface area contributed by atoms with E-state index < -0.39 is 0 Å². The first-order chi connectivity index (χ1) is 7.31. The highest BCUT2D eigenvalue weighted by Crippen LogP contribution is 2.09. The van der Waals surface area contributed by atoms with Gasteiger partial charge in [-0.3, -0.25) is 4.57 Å². The maximum atomic E-state index is 10.1. The average molecular weight is 207 g/mol. The summed E-state index contributed by atoms with van der Waals surface area (Å²) in [5, 5.41) is 0. The number of hydrogen-bond donors (Lipinski definition) is 1. The van der Waals surface area contributed by atoms with Crippen LogP contribution in [0.25, 0.3) is 11.2 Å². The minimum Gasteiger partial charge on any atom is -0.368 e. The second-order valence-electron chi connectivity index (χ2n) is 2.82. The number of carbonyl (C=O) groups excluding carboxylic acids is 1. The monoisotopic (exact) mass is 207 g/mol. The fraction of sp³-hybridized carbons (Fsp3) is 0.250. The lowest BCUT2D eigenvalue weighted by Gasteiger charge is -2.02. The van der Waals surface area contributed by atoms with Crippen molar-refractivity contribution in [3.05, 3.63) is 12.5 Å². The van der Waals surface area contributed by atoms with E-state index in [1.807, 2.05) is 0 Å². The van der Waals surface area contributed by atoms with Crippen molar-refractivity contribution in [2.45, 2.75) is 6.73 Å². The summed E-state index contributed by atoms with van der Waals surface area (Å²) in [6.07, 6.45) is 3.78. The number of carbonyl (C=O) groups is 1. The summed E-state index contributed by atoms with van der Waals surface area (Å²) in [7, 11) is 0. The molecule has 0 spiro atoms. The molecule has 7 heteroatoms. The fourth-order valence-corrected chi connectivity index (χ4v) is 1.16. The molecule has 2 N–H and O–H groups in total. The Morgan fingerprint density at radius 2 is 2.40 bits per heavy atom. The van der Waals surface area contributed by atoms with Crippen LogP contribution in [0.3, 0.4) is 0 Å². The van der Waals surface area contributed by atoms with Crippen molar-refractivity contribution in [2.75, 3.05) is 12.3 Å². The SMILES string of the molecule is Nc1ncc2ncn(COCC=O)c2n1. The van der Waals surface area contributed by atoms with E-state index in [0.29, 0.717) is 17.5 Å². The van der Waals surface area contributed by atoms with E-state index in [4.69, 9.17) is 10.5 Å². The first-order valence-electron chi connectivity index (χ1n) is 4.26. The normalized spacial score (nSPS) is 10.7. The van der Waals surface area contributed by atoms with Crippen molar-refractivity contribution >= 4 is 23.4 Å². The van der Waals surface area contributed by atoms with Gasteiger partial charge >= 0.3 is 0 Å². The van der Waals surface area contributed by atoms with Crippen LogP contribution in [0.2, 0.25) is 0 Å². The van der Waals surface area contributed by atoms with Crippen molar-refractivity contribution in [2.24, 2.45) is 0 Å². The van der Waals surface area contributed by atoms with Crippen molar-refractivity contribution in [1.82, 2.24) is 19.5 Å². The summed E-state index contributed by atoms with van der Waals surface area (Å²) in [6.45, 7) is 0.256. The van der Waals surface area contributed by atoms with Crippen LogP contribution in [0.15, 0.2) is 12.5 Å². The van der Waals surface area contributed by atoms with E-state index >= 15 is 0 Å². The van der Waals surface area contributed by atoms with Gasteiger partial charge in [-0.05, 0) is 0 Å². The minimum atomic E-state index is 0.0419. The van der Waals surface area contributed by atoms with Crippen LogP contribution in [0.1, 0.15) is 0 Å². The Kier molecular flexibility index (Phi) is 2.55. The number of nitrogens with zero attached hydrogens (tertiary/aromatic N) is 4. The van der Waals surface area contributed by atoms with E-state index in [1.165, 1.54) is 6.20 Å². The number of aromatic nitrogens is 4. The van der Waals surface area contributed by atoms with E-state index in [9.17, 15) is 4.79 Å². The van der Waals surface area contributed by atoms with Gasteiger partial charge in [0.1, 0.15) is 25.1 Å². The molecular formula is C8H9N5O2. The Bertz CT molecular complexity index is 481. The van der Waals surface area contributed by atoms with Gasteiger partial charge in [-0.25, -0.2) is 9.97 Å². The third kappa shape index (κ3) is 1.91. The minimum absolute atomic E-state index is 0.0419. The maximum absolute atomic E-state index is 10.1. The molecule has 0 fully saturated rings. The van der Waals surface area contributed by atoms with Gasteiger partial charge in [0.25, 0.3) is 0 Å². The number of rotatable bonds is 4. The molecule has 0 unspecified atom stereocenters. The van der Waals surface area contributed by atoms with Crippen LogP contribution in [0, 0.1) is 0 Å². The molecular weight excluding hydrogens is 198 g/mol. The molecule has 0 bridgehead atoms. The second-order valence-corrected chi connectivity index (χ2v) is 2.82. The molecule has 0 aliphatic rings. The summed E-state index contributed by atoms with van der Waals surface area (Å²) in [4.78, 5) is 21.9. The Labute approximate surface area is 84.9 Å². The van der Waals surface area contributed by atoms with Crippen molar-refractivity contribution in [3.8, 4) is 0 Å². The van der Waals surface area contributed by atoms with Gasteiger partial charge in [0.15, 0.2) is 5.65 Å². The zero-order valence-corrected chi connectivity index (χ0v) is 7.83. The van der Waals surface area contributed by atoms with E-state index in [-0.39, 0.29) is 19.3 Å². The molecule has 15 heavy (non-hydrogen) atoms. The zero-order valence-electron chi connectivity index (χ0n) is 7.83. The highest BCUT2D eigenvalue weighted by Gasteiger charge is 2.04. The number of nitrogens with two attached hydrogens (primary N) is 1. The molecule has 0 aliphatic carbocycles. The van der Waals surface area contributed by atoms with E-state index in [2.05, 4.69) is 15.0 Å². The molecule has 2 aromatic rings. The lowest BCUT2D eigenvalue weighted by Crippen LogP contribution is -2.05. The van der Waals surface area contributed by atoms with Gasteiger partial charge in [0.2, 0.25) is 5.95 Å². The van der Waals surface area contributed by atoms with Crippen LogP contribution >= 0.6 is 0 Å². The Morgan fingerprint density at radius 3 is 3.20 bits per heavy atom. The van der Waals surface area contributed by atoms with Crippen LogP contribution in [-0.4, -0.2) is 32.4 Å². The zero-order chi connectivity index (χ0) is 10.7. The lowest BCUT2D eigenvalue weighted by atomic mass is 10.5. The molecule has 0 amide bonds. The molecule has 0 saturated carbocycles. The number of imidazole rings is 1. The van der Waals surface area contributed by atoms with Crippen LogP contribution in [-0.2, 0) is 16.3 Å². The van der Waals surface area contributed by atoms with Gasteiger partial charge in [-0.15, -0.1) is 0 Å². The van der Waals surface area contributed by atoms with Gasteiger partial charge in [0, 0.05) is 0 Å². The molecule has 78 valence electrons. The van der Waals surface area contributed by atoms with Crippen LogP contribution in [0.5, 0.6) is 0 Å². The maximum Gasteiger partial charge on any atom is 0.222 e. The number of anilines is 1. The second kappa shape index (κ2) is 4.01. The summed E-state index contributed by atoms with van der Waals surface area (Å²) in [5.41, 5.74) is 6.68. The average Bonchev–Trinajstić information content (AvgIpc) is 2.62. The highest BCUT2D eigenvalue weighted by molar-refractivity contribution is 5.70. The fourth-order valence-electron chi connectivity index (χ4n) is 1.16. The van der Waals surface area contributed by atoms with E-state index in [0.717, 1.165) is 0 Å². The standard InChI is InChI=1S/C8H9N5O2/c9-8-10-3-6-7(12-8)13(4-11-6)5-15-2-1-14/h1,3-4H,2,5H2,(H2,9,10,12). The molecule has 2 aromatic heterocycles. The lowest BCUT2D eigenvalue weighted by molar-refractivity contribution is -0.113. The first-order valence-corrected chi connectivity index (χ1v) is 4.26. The Balaban J connectivity index is 2.27. The molecule has 0 radical (unpaired) electrons. The van der Waals surface area contributed by atoms with Crippen molar-refractivity contribution < 1.29 is 9.53 Å². The summed E-state index contributed by atoms with van der Waals surface area (Å²) >= 11 is 0. The third-order valence-corrected chi connectivity index (χ3v) is 1.79. The molecule has 2 rings (SSSR count). The van der Waals surface area contributed by atoms with Crippen LogP contribution < -0.4 is 5.73 Å². The van der Waals surface area contributed by atoms with Gasteiger partial charge in [0.05, 0.1) is 12.5 Å². The Hall–Kier alpha value is -2.02. The predicted molar refractivity (Wildman–Crippen MR) is 51.8 cm³/mol. The predicted octanol–water partition coefficient (Wildman–Crippen LogP) is -0.419. The number of aldehydes is 1. The van der Waals surface area contributed by atoms with Crippen molar-refractivity contribution in [3.63, 3.8) is 0 Å². The topological polar surface area (TPSA) is 95.9 Å². The molecule has 0 aliphatic heterocycles. The third-order valence-electron chi connectivity index (χ3n) is 1.79. The van der Waals surface area contributed by atoms with Gasteiger partial charge in [-0.2, -0.15) is 4.98 Å². The summed E-state index contributed by atoms with van der Waals surface area (Å²) in [6, 6.07) is 0. The van der Waals surface area contributed by atoms with E-state index in [1.54, 1.807) is 10.9 Å². The molecule has 7 nitrogen and oxygen atoms in total. The smallest absolute Gasteiger partial charge is 0.222 e. The van der Waals surface area contributed by atoms with Crippen LogP contribution in [0.4, 0.5) is 5.95 Å². The number of hydrogen-bond acceptors (Lipinski definition) is 6.